The number of fused-ring (bicyclic) bond motifs is 3. The number of carbonyl (C=O) groups excluding carboxylic acids is 1. The van der Waals surface area contributed by atoms with E-state index in [1.54, 1.807) is 4.40 Å². The van der Waals surface area contributed by atoms with Gasteiger partial charge in [0.15, 0.2) is 0 Å². The first kappa shape index (κ1) is 14.4. The average molecular weight is 301 g/mol. The first-order chi connectivity index (χ1) is 10.5. The van der Waals surface area contributed by atoms with Crippen LogP contribution in [0.1, 0.15) is 20.8 Å². The van der Waals surface area contributed by atoms with Gasteiger partial charge < -0.3 is 9.88 Å². The summed E-state index contributed by atoms with van der Waals surface area (Å²) in [5.41, 5.74) is 1.47. The summed E-state index contributed by atoms with van der Waals surface area (Å²) in [6, 6.07) is 7.70. The molecule has 116 valence electrons. The summed E-state index contributed by atoms with van der Waals surface area (Å²) >= 11 is 0. The predicted octanol–water partition coefficient (Wildman–Crippen LogP) is 0.995. The second kappa shape index (κ2) is 5.32. The Morgan fingerprint density at radius 2 is 1.95 bits per heavy atom. The molecule has 0 saturated carbocycles. The van der Waals surface area contributed by atoms with Crippen LogP contribution in [0, 0.1) is 0 Å². The molecule has 3 rings (SSSR count). The number of hydrogen-bond donors (Lipinski definition) is 1. The van der Waals surface area contributed by atoms with Gasteiger partial charge in [-0.15, -0.1) is 5.10 Å². The van der Waals surface area contributed by atoms with Crippen LogP contribution >= 0.6 is 0 Å². The van der Waals surface area contributed by atoms with E-state index in [1.165, 1.54) is 4.68 Å². The molecule has 22 heavy (non-hydrogen) atoms. The van der Waals surface area contributed by atoms with Crippen molar-refractivity contribution < 1.29 is 4.79 Å². The molecule has 0 unspecified atom stereocenters. The number of imidazole rings is 1. The van der Waals surface area contributed by atoms with Gasteiger partial charge in [-0.05, 0) is 32.9 Å². The second-order valence-corrected chi connectivity index (χ2v) is 5.53. The van der Waals surface area contributed by atoms with E-state index >= 15 is 0 Å². The van der Waals surface area contributed by atoms with Crippen LogP contribution in [-0.4, -0.2) is 30.7 Å². The van der Waals surface area contributed by atoms with Gasteiger partial charge in [0.1, 0.15) is 6.54 Å². The lowest BCUT2D eigenvalue weighted by Crippen LogP contribution is -2.36. The van der Waals surface area contributed by atoms with Crippen LogP contribution in [0.25, 0.3) is 16.8 Å². The van der Waals surface area contributed by atoms with Crippen LogP contribution in [0.5, 0.6) is 0 Å². The van der Waals surface area contributed by atoms with E-state index in [-0.39, 0.29) is 24.2 Å². The Labute approximate surface area is 127 Å². The summed E-state index contributed by atoms with van der Waals surface area (Å²) in [6.45, 7) is 6.38. The third-order valence-corrected chi connectivity index (χ3v) is 3.54. The van der Waals surface area contributed by atoms with E-state index in [0.717, 1.165) is 11.0 Å². The van der Waals surface area contributed by atoms with E-state index in [2.05, 4.69) is 10.4 Å². The fourth-order valence-electron chi connectivity index (χ4n) is 2.69. The Bertz CT molecular complexity index is 900. The van der Waals surface area contributed by atoms with E-state index < -0.39 is 0 Å². The molecule has 0 spiro atoms. The molecule has 1 amide bonds. The minimum absolute atomic E-state index is 0.0329. The molecule has 0 aliphatic rings. The summed E-state index contributed by atoms with van der Waals surface area (Å²) in [5.74, 6) is 0.344. The van der Waals surface area contributed by atoms with Gasteiger partial charge in [-0.25, -0.2) is 13.9 Å². The highest BCUT2D eigenvalue weighted by Gasteiger charge is 2.18. The molecule has 0 aliphatic carbocycles. The van der Waals surface area contributed by atoms with Crippen molar-refractivity contribution in [1.29, 1.82) is 0 Å². The maximum atomic E-state index is 12.6. The number of amides is 1. The number of nitrogens with one attached hydrogen (secondary N) is 1. The minimum atomic E-state index is -0.294. The number of aryl methyl sites for hydroxylation is 1. The van der Waals surface area contributed by atoms with Gasteiger partial charge in [-0.2, -0.15) is 0 Å². The number of carbonyl (C=O) groups is 1. The fourth-order valence-corrected chi connectivity index (χ4v) is 2.69. The zero-order chi connectivity index (χ0) is 15.9. The lowest BCUT2D eigenvalue weighted by Gasteiger charge is -2.07. The lowest BCUT2D eigenvalue weighted by molar-refractivity contribution is -0.122. The van der Waals surface area contributed by atoms with Crippen molar-refractivity contribution >= 4 is 22.7 Å². The van der Waals surface area contributed by atoms with Gasteiger partial charge in [0.25, 0.3) is 0 Å². The van der Waals surface area contributed by atoms with Crippen molar-refractivity contribution in [2.45, 2.75) is 39.9 Å². The Morgan fingerprint density at radius 1 is 1.27 bits per heavy atom. The first-order valence-corrected chi connectivity index (χ1v) is 7.39. The molecule has 0 radical (unpaired) electrons. The third kappa shape index (κ3) is 2.18. The molecule has 7 heteroatoms. The highest BCUT2D eigenvalue weighted by Crippen LogP contribution is 2.17. The van der Waals surface area contributed by atoms with Crippen LogP contribution in [0.15, 0.2) is 29.1 Å². The zero-order valence-electron chi connectivity index (χ0n) is 12.9. The molecule has 3 aromatic rings. The van der Waals surface area contributed by atoms with Gasteiger partial charge in [0, 0.05) is 12.6 Å². The van der Waals surface area contributed by atoms with Crippen LogP contribution < -0.4 is 11.0 Å². The van der Waals surface area contributed by atoms with Crippen molar-refractivity contribution in [2.24, 2.45) is 0 Å². The van der Waals surface area contributed by atoms with Crippen LogP contribution in [-0.2, 0) is 17.9 Å². The second-order valence-electron chi connectivity index (χ2n) is 5.53. The van der Waals surface area contributed by atoms with E-state index in [4.69, 9.17) is 0 Å². The third-order valence-electron chi connectivity index (χ3n) is 3.54. The molecule has 2 heterocycles. The van der Waals surface area contributed by atoms with Crippen molar-refractivity contribution in [2.75, 3.05) is 0 Å². The fraction of sp³-hybridized carbons (Fsp3) is 0.400. The Hall–Kier alpha value is -2.57. The van der Waals surface area contributed by atoms with E-state index in [1.807, 2.05) is 49.6 Å². The van der Waals surface area contributed by atoms with Gasteiger partial charge in [0.05, 0.1) is 11.0 Å². The van der Waals surface area contributed by atoms with Gasteiger partial charge in [0.2, 0.25) is 11.7 Å². The van der Waals surface area contributed by atoms with Crippen molar-refractivity contribution in [3.63, 3.8) is 0 Å². The number of para-hydroxylation sites is 2. The monoisotopic (exact) mass is 301 g/mol. The molecule has 7 nitrogen and oxygen atoms in total. The first-order valence-electron chi connectivity index (χ1n) is 7.39. The molecular formula is C15H19N5O2. The molecule has 0 saturated heterocycles. The molecule has 0 fully saturated rings. The van der Waals surface area contributed by atoms with Gasteiger partial charge >= 0.3 is 5.69 Å². The Balaban J connectivity index is 2.14. The normalized spacial score (nSPS) is 11.6. The summed E-state index contributed by atoms with van der Waals surface area (Å²) < 4.78 is 4.74. The zero-order valence-corrected chi connectivity index (χ0v) is 12.9. The van der Waals surface area contributed by atoms with E-state index in [0.29, 0.717) is 12.3 Å². The van der Waals surface area contributed by atoms with E-state index in [9.17, 15) is 9.59 Å². The van der Waals surface area contributed by atoms with Gasteiger partial charge in [-0.1, -0.05) is 12.1 Å². The SMILES string of the molecule is CCn1c2ccccc2n2c(=O)n(CC(=O)NC(C)C)nc12. The van der Waals surface area contributed by atoms with Crippen LogP contribution in [0.2, 0.25) is 0 Å². The average Bonchev–Trinajstić information content (AvgIpc) is 2.93. The highest BCUT2D eigenvalue weighted by atomic mass is 16.2. The maximum absolute atomic E-state index is 12.6. The number of hydrogen-bond acceptors (Lipinski definition) is 3. The van der Waals surface area contributed by atoms with Crippen LogP contribution in [0.3, 0.4) is 0 Å². The highest BCUT2D eigenvalue weighted by molar-refractivity contribution is 5.80. The number of rotatable bonds is 4. The molecule has 0 bridgehead atoms. The topological polar surface area (TPSA) is 73.3 Å². The molecule has 0 aliphatic heterocycles. The standard InChI is InChI=1S/C15H19N5O2/c1-4-18-11-7-5-6-8-12(11)20-14(18)17-19(15(20)22)9-13(21)16-10(2)3/h5-8,10H,4,9H2,1-3H3,(H,16,21). The molecular weight excluding hydrogens is 282 g/mol. The maximum Gasteiger partial charge on any atom is 0.352 e. The summed E-state index contributed by atoms with van der Waals surface area (Å²) in [7, 11) is 0. The van der Waals surface area contributed by atoms with Gasteiger partial charge in [-0.3, -0.25) is 4.79 Å². The number of benzene rings is 1. The Morgan fingerprint density at radius 3 is 2.59 bits per heavy atom. The number of nitrogens with zero attached hydrogens (tertiary/aromatic N) is 4. The predicted molar refractivity (Wildman–Crippen MR) is 83.9 cm³/mol. The molecule has 1 aromatic carbocycles. The van der Waals surface area contributed by atoms with Crippen molar-refractivity contribution in [3.8, 4) is 0 Å². The lowest BCUT2D eigenvalue weighted by atomic mass is 10.3. The van der Waals surface area contributed by atoms with Crippen molar-refractivity contribution in [1.82, 2.24) is 24.1 Å². The Kier molecular flexibility index (Phi) is 3.48. The largest absolute Gasteiger partial charge is 0.352 e. The quantitative estimate of drug-likeness (QED) is 0.781. The van der Waals surface area contributed by atoms with Crippen LogP contribution in [0.4, 0.5) is 0 Å². The minimum Gasteiger partial charge on any atom is -0.352 e. The smallest absolute Gasteiger partial charge is 0.352 e. The molecule has 2 aromatic heterocycles. The van der Waals surface area contributed by atoms with Crippen molar-refractivity contribution in [3.05, 3.63) is 34.7 Å². The summed E-state index contributed by atoms with van der Waals surface area (Å²) in [6.07, 6.45) is 0. The summed E-state index contributed by atoms with van der Waals surface area (Å²) in [5, 5.41) is 7.10. The summed E-state index contributed by atoms with van der Waals surface area (Å²) in [4.78, 5) is 24.4. The number of aromatic nitrogens is 4. The molecule has 0 atom stereocenters. The molecule has 1 N–H and O–H groups in total.